The van der Waals surface area contributed by atoms with Crippen LogP contribution in [0.1, 0.15) is 33.5 Å². The number of aromatic carboxylic acids is 1. The molecule has 5 heteroatoms. The van der Waals surface area contributed by atoms with Crippen LogP contribution in [0.3, 0.4) is 0 Å². The molecule has 3 nitrogen and oxygen atoms in total. The number of carbonyl (C=O) groups is 1. The fourth-order valence-electron chi connectivity index (χ4n) is 1.93. The fourth-order valence-corrected chi connectivity index (χ4v) is 3.68. The summed E-state index contributed by atoms with van der Waals surface area (Å²) in [6, 6.07) is 2.36. The van der Waals surface area contributed by atoms with E-state index in [1.54, 1.807) is 0 Å². The minimum atomic E-state index is -0.826. The van der Waals surface area contributed by atoms with Crippen molar-refractivity contribution in [2.75, 3.05) is 19.1 Å². The highest BCUT2D eigenvalue weighted by Crippen LogP contribution is 2.23. The Morgan fingerprint density at radius 2 is 2.28 bits per heavy atom. The van der Waals surface area contributed by atoms with Gasteiger partial charge in [-0.05, 0) is 38.3 Å². The van der Waals surface area contributed by atoms with E-state index in [-0.39, 0.29) is 0 Å². The van der Waals surface area contributed by atoms with Gasteiger partial charge in [0.1, 0.15) is 4.88 Å². The van der Waals surface area contributed by atoms with E-state index in [2.05, 4.69) is 25.1 Å². The smallest absolute Gasteiger partial charge is 0.345 e. The van der Waals surface area contributed by atoms with Crippen molar-refractivity contribution in [2.24, 2.45) is 0 Å². The predicted molar refractivity (Wildman–Crippen MR) is 79.9 cm³/mol. The van der Waals surface area contributed by atoms with Gasteiger partial charge >= 0.3 is 5.97 Å². The molecule has 1 unspecified atom stereocenters. The summed E-state index contributed by atoms with van der Waals surface area (Å²) >= 11 is 3.22. The lowest BCUT2D eigenvalue weighted by atomic mass is 10.2. The summed E-state index contributed by atoms with van der Waals surface area (Å²) in [5.41, 5.74) is 1.14. The number of hydrogen-bond acceptors (Lipinski definition) is 4. The van der Waals surface area contributed by atoms with E-state index < -0.39 is 5.97 Å². The van der Waals surface area contributed by atoms with Crippen LogP contribution in [-0.4, -0.2) is 41.1 Å². The summed E-state index contributed by atoms with van der Waals surface area (Å²) in [5.74, 6) is 0.287. The van der Waals surface area contributed by atoms with Gasteiger partial charge in [-0.25, -0.2) is 4.79 Å². The Morgan fingerprint density at radius 3 is 2.72 bits per heavy atom. The van der Waals surface area contributed by atoms with Gasteiger partial charge in [0.05, 0.1) is 0 Å². The van der Waals surface area contributed by atoms with Crippen molar-refractivity contribution in [1.29, 1.82) is 0 Å². The minimum absolute atomic E-state index is 0.439. The summed E-state index contributed by atoms with van der Waals surface area (Å²) < 4.78 is 0. The van der Waals surface area contributed by atoms with Crippen LogP contribution >= 0.6 is 23.1 Å². The van der Waals surface area contributed by atoms with Crippen molar-refractivity contribution in [2.45, 2.75) is 32.9 Å². The van der Waals surface area contributed by atoms with Crippen LogP contribution in [-0.2, 0) is 6.54 Å². The zero-order valence-electron chi connectivity index (χ0n) is 11.4. The summed E-state index contributed by atoms with van der Waals surface area (Å²) in [4.78, 5) is 14.8. The zero-order valence-corrected chi connectivity index (χ0v) is 13.0. The molecular formula is C13H21NO2S2. The maximum absolute atomic E-state index is 10.9. The number of carboxylic acids is 1. The van der Waals surface area contributed by atoms with Crippen LogP contribution in [0.2, 0.25) is 0 Å². The number of carboxylic acid groups (broad SMARTS) is 1. The molecule has 0 aromatic carbocycles. The Labute approximate surface area is 117 Å². The first-order chi connectivity index (χ1) is 8.49. The SMILES string of the molecule is CCC(CSC)N(C)Cc1cc(C(=O)O)sc1C. The van der Waals surface area contributed by atoms with Gasteiger partial charge in [0.15, 0.2) is 0 Å². The second-order valence-electron chi connectivity index (χ2n) is 4.43. The van der Waals surface area contributed by atoms with Gasteiger partial charge in [0.2, 0.25) is 0 Å². The molecule has 0 aliphatic rings. The Kier molecular flexibility index (Phi) is 6.18. The summed E-state index contributed by atoms with van der Waals surface area (Å²) in [6.07, 6.45) is 3.24. The maximum atomic E-state index is 10.9. The summed E-state index contributed by atoms with van der Waals surface area (Å²) in [7, 11) is 2.11. The largest absolute Gasteiger partial charge is 0.477 e. The monoisotopic (exact) mass is 287 g/mol. The number of thioether (sulfide) groups is 1. The van der Waals surface area contributed by atoms with Crippen LogP contribution in [0, 0.1) is 6.92 Å². The first-order valence-corrected chi connectivity index (χ1v) is 8.22. The standard InChI is InChI=1S/C13H21NO2S2/c1-5-11(8-17-4)14(3)7-10-6-12(13(15)16)18-9(10)2/h6,11H,5,7-8H2,1-4H3,(H,15,16). The maximum Gasteiger partial charge on any atom is 0.345 e. The van der Waals surface area contributed by atoms with Crippen LogP contribution < -0.4 is 0 Å². The highest BCUT2D eigenvalue weighted by atomic mass is 32.2. The molecule has 0 spiro atoms. The Morgan fingerprint density at radius 1 is 1.61 bits per heavy atom. The molecule has 0 fully saturated rings. The summed E-state index contributed by atoms with van der Waals surface area (Å²) in [6.45, 7) is 5.02. The normalized spacial score (nSPS) is 12.9. The Bertz CT molecular complexity index is 404. The number of nitrogens with zero attached hydrogens (tertiary/aromatic N) is 1. The van der Waals surface area contributed by atoms with Gasteiger partial charge in [-0.15, -0.1) is 11.3 Å². The molecule has 0 aliphatic heterocycles. The number of thiophene rings is 1. The van der Waals surface area contributed by atoms with Crippen molar-refractivity contribution >= 4 is 29.1 Å². The minimum Gasteiger partial charge on any atom is -0.477 e. The Hall–Kier alpha value is -0.520. The van der Waals surface area contributed by atoms with Crippen molar-refractivity contribution in [1.82, 2.24) is 4.90 Å². The highest BCUT2D eigenvalue weighted by molar-refractivity contribution is 7.98. The van der Waals surface area contributed by atoms with Crippen molar-refractivity contribution in [3.05, 3.63) is 21.4 Å². The molecule has 0 amide bonds. The molecule has 18 heavy (non-hydrogen) atoms. The number of hydrogen-bond donors (Lipinski definition) is 1. The van der Waals surface area contributed by atoms with E-state index in [1.165, 1.54) is 11.3 Å². The Balaban J connectivity index is 2.74. The molecule has 1 rings (SSSR count). The molecule has 1 atom stereocenters. The van der Waals surface area contributed by atoms with Crippen molar-refractivity contribution in [3.63, 3.8) is 0 Å². The zero-order chi connectivity index (χ0) is 13.7. The van der Waals surface area contributed by atoms with Gasteiger partial charge in [0, 0.05) is 23.2 Å². The van der Waals surface area contributed by atoms with Gasteiger partial charge in [-0.3, -0.25) is 4.90 Å². The van der Waals surface area contributed by atoms with Gasteiger partial charge in [-0.1, -0.05) is 6.92 Å². The lowest BCUT2D eigenvalue weighted by Crippen LogP contribution is -2.32. The van der Waals surface area contributed by atoms with Gasteiger partial charge in [-0.2, -0.15) is 11.8 Å². The van der Waals surface area contributed by atoms with Crippen molar-refractivity contribution < 1.29 is 9.90 Å². The fraction of sp³-hybridized carbons (Fsp3) is 0.615. The molecule has 0 saturated heterocycles. The van der Waals surface area contributed by atoms with Crippen molar-refractivity contribution in [3.8, 4) is 0 Å². The topological polar surface area (TPSA) is 40.5 Å². The summed E-state index contributed by atoms with van der Waals surface area (Å²) in [5, 5.41) is 8.99. The van der Waals surface area contributed by atoms with E-state index >= 15 is 0 Å². The first kappa shape index (κ1) is 15.5. The highest BCUT2D eigenvalue weighted by Gasteiger charge is 2.16. The average molecular weight is 287 g/mol. The lowest BCUT2D eigenvalue weighted by molar-refractivity contribution is 0.0702. The van der Waals surface area contributed by atoms with Crippen LogP contribution in [0.15, 0.2) is 6.07 Å². The molecule has 1 N–H and O–H groups in total. The molecular weight excluding hydrogens is 266 g/mol. The van der Waals surface area contributed by atoms with Gasteiger partial charge in [0.25, 0.3) is 0 Å². The van der Waals surface area contributed by atoms with E-state index in [0.717, 1.165) is 29.2 Å². The molecule has 1 heterocycles. The van der Waals surface area contributed by atoms with Gasteiger partial charge < -0.3 is 5.11 Å². The van der Waals surface area contributed by atoms with E-state index in [9.17, 15) is 4.79 Å². The van der Waals surface area contributed by atoms with E-state index in [4.69, 9.17) is 5.11 Å². The molecule has 0 saturated carbocycles. The third kappa shape index (κ3) is 4.00. The van der Waals surface area contributed by atoms with Crippen LogP contribution in [0.5, 0.6) is 0 Å². The lowest BCUT2D eigenvalue weighted by Gasteiger charge is -2.26. The second kappa shape index (κ2) is 7.16. The quantitative estimate of drug-likeness (QED) is 0.835. The third-order valence-corrected chi connectivity index (χ3v) is 4.90. The predicted octanol–water partition coefficient (Wildman–Crippen LogP) is 3.33. The average Bonchev–Trinajstić information content (AvgIpc) is 2.68. The van der Waals surface area contributed by atoms with E-state index in [1.807, 2.05) is 24.8 Å². The molecule has 1 aromatic heterocycles. The number of aryl methyl sites for hydroxylation is 1. The molecule has 0 radical (unpaired) electrons. The molecule has 0 bridgehead atoms. The van der Waals surface area contributed by atoms with E-state index in [0.29, 0.717) is 10.9 Å². The van der Waals surface area contributed by atoms with Crippen LogP contribution in [0.25, 0.3) is 0 Å². The molecule has 1 aromatic rings. The molecule has 102 valence electrons. The third-order valence-electron chi connectivity index (χ3n) is 3.10. The van der Waals surface area contributed by atoms with Crippen LogP contribution in [0.4, 0.5) is 0 Å². The molecule has 0 aliphatic carbocycles. The first-order valence-electron chi connectivity index (χ1n) is 6.01. The number of rotatable bonds is 7. The second-order valence-corrected chi connectivity index (χ2v) is 6.60.